The van der Waals surface area contributed by atoms with Gasteiger partial charge in [-0.25, -0.2) is 0 Å². The number of rotatable bonds is 0. The van der Waals surface area contributed by atoms with Gasteiger partial charge in [0.15, 0.2) is 5.78 Å². The number of carbonyl (C=O) groups is 1. The van der Waals surface area contributed by atoms with Crippen LogP contribution in [0.4, 0.5) is 0 Å². The van der Waals surface area contributed by atoms with Crippen molar-refractivity contribution >= 4 is 5.78 Å². The number of hydrogen-bond donors (Lipinski definition) is 0. The molecule has 0 aliphatic heterocycles. The van der Waals surface area contributed by atoms with Crippen LogP contribution in [0.5, 0.6) is 0 Å². The second-order valence-electron chi connectivity index (χ2n) is 6.35. The lowest BCUT2D eigenvalue weighted by Crippen LogP contribution is -2.46. The first-order valence-corrected chi connectivity index (χ1v) is 7.04. The van der Waals surface area contributed by atoms with Crippen LogP contribution in [0.1, 0.15) is 46.0 Å². The van der Waals surface area contributed by atoms with Gasteiger partial charge in [0, 0.05) is 5.92 Å². The normalized spacial score (nSPS) is 44.9. The fourth-order valence-electron chi connectivity index (χ4n) is 4.37. The first-order chi connectivity index (χ1) is 8.13. The van der Waals surface area contributed by atoms with E-state index in [2.05, 4.69) is 26.0 Å². The number of hydrogen-bond acceptors (Lipinski definition) is 1. The number of allylic oxidation sites excluding steroid dienone is 4. The average molecular weight is 230 g/mol. The highest BCUT2D eigenvalue weighted by Gasteiger charge is 2.49. The molecule has 0 aromatic carbocycles. The molecule has 4 atom stereocenters. The Morgan fingerprint density at radius 2 is 2.18 bits per heavy atom. The van der Waals surface area contributed by atoms with E-state index in [4.69, 9.17) is 0 Å². The van der Waals surface area contributed by atoms with E-state index in [0.29, 0.717) is 23.0 Å². The zero-order valence-corrected chi connectivity index (χ0v) is 10.9. The van der Waals surface area contributed by atoms with Crippen molar-refractivity contribution in [2.45, 2.75) is 46.0 Å². The highest BCUT2D eigenvalue weighted by molar-refractivity contribution is 5.94. The van der Waals surface area contributed by atoms with Crippen molar-refractivity contribution < 1.29 is 4.79 Å². The molecule has 0 aromatic heterocycles. The van der Waals surface area contributed by atoms with E-state index in [9.17, 15) is 4.79 Å². The Morgan fingerprint density at radius 3 is 3.00 bits per heavy atom. The molecule has 1 saturated carbocycles. The van der Waals surface area contributed by atoms with Gasteiger partial charge in [-0.15, -0.1) is 0 Å². The lowest BCUT2D eigenvalue weighted by Gasteiger charge is -2.50. The second kappa shape index (κ2) is 3.83. The van der Waals surface area contributed by atoms with E-state index in [1.54, 1.807) is 0 Å². The maximum atomic E-state index is 12.3. The largest absolute Gasteiger partial charge is 0.295 e. The Balaban J connectivity index is 2.06. The summed E-state index contributed by atoms with van der Waals surface area (Å²) in [6.07, 6.45) is 12.7. The monoisotopic (exact) mass is 230 g/mol. The second-order valence-corrected chi connectivity index (χ2v) is 6.35. The lowest BCUT2D eigenvalue weighted by molar-refractivity contribution is -0.124. The first-order valence-electron chi connectivity index (χ1n) is 7.04. The molecule has 0 amide bonds. The standard InChI is InChI=1S/C16H22O/c1-11-6-5-8-13-15(11)14(17)10-12-7-3-4-9-16(12,13)2/h5-6,10-11,13,15H,3-4,7-9H2,1-2H3/t11-,13+,15-,16-/m0/s1. The van der Waals surface area contributed by atoms with Gasteiger partial charge >= 0.3 is 0 Å². The number of carbonyl (C=O) groups excluding carboxylic acids is 1. The van der Waals surface area contributed by atoms with Crippen LogP contribution in [0.3, 0.4) is 0 Å². The van der Waals surface area contributed by atoms with Gasteiger partial charge < -0.3 is 0 Å². The number of ketones is 1. The van der Waals surface area contributed by atoms with Crippen molar-refractivity contribution in [2.75, 3.05) is 0 Å². The highest BCUT2D eigenvalue weighted by atomic mass is 16.1. The third-order valence-corrected chi connectivity index (χ3v) is 5.42. The van der Waals surface area contributed by atoms with Crippen LogP contribution in [0, 0.1) is 23.2 Å². The summed E-state index contributed by atoms with van der Waals surface area (Å²) < 4.78 is 0. The van der Waals surface area contributed by atoms with E-state index in [-0.39, 0.29) is 5.92 Å². The van der Waals surface area contributed by atoms with Gasteiger partial charge in [-0.1, -0.05) is 38.0 Å². The topological polar surface area (TPSA) is 17.1 Å². The van der Waals surface area contributed by atoms with Crippen LogP contribution in [-0.2, 0) is 4.79 Å². The van der Waals surface area contributed by atoms with Crippen molar-refractivity contribution in [2.24, 2.45) is 23.2 Å². The maximum Gasteiger partial charge on any atom is 0.159 e. The van der Waals surface area contributed by atoms with Gasteiger partial charge in [0.25, 0.3) is 0 Å². The third kappa shape index (κ3) is 1.55. The van der Waals surface area contributed by atoms with E-state index in [0.717, 1.165) is 12.8 Å². The van der Waals surface area contributed by atoms with Crippen LogP contribution in [0.2, 0.25) is 0 Å². The summed E-state index contributed by atoms with van der Waals surface area (Å²) in [6, 6.07) is 0. The molecule has 0 aromatic rings. The lowest BCUT2D eigenvalue weighted by atomic mass is 9.53. The van der Waals surface area contributed by atoms with Crippen molar-refractivity contribution in [3.05, 3.63) is 23.8 Å². The summed E-state index contributed by atoms with van der Waals surface area (Å²) >= 11 is 0. The fraction of sp³-hybridized carbons (Fsp3) is 0.688. The van der Waals surface area contributed by atoms with E-state index in [1.807, 2.05) is 6.08 Å². The summed E-state index contributed by atoms with van der Waals surface area (Å²) in [5.41, 5.74) is 1.77. The molecule has 0 unspecified atom stereocenters. The Bertz CT molecular complexity index is 404. The van der Waals surface area contributed by atoms with E-state index >= 15 is 0 Å². The van der Waals surface area contributed by atoms with Crippen molar-refractivity contribution in [1.29, 1.82) is 0 Å². The Morgan fingerprint density at radius 1 is 1.35 bits per heavy atom. The summed E-state index contributed by atoms with van der Waals surface area (Å²) in [5, 5.41) is 0. The molecule has 0 bridgehead atoms. The zero-order chi connectivity index (χ0) is 12.0. The van der Waals surface area contributed by atoms with Gasteiger partial charge in [-0.2, -0.15) is 0 Å². The molecule has 0 heterocycles. The Kier molecular flexibility index (Phi) is 2.53. The van der Waals surface area contributed by atoms with Crippen LogP contribution >= 0.6 is 0 Å². The molecule has 3 rings (SSSR count). The molecule has 0 radical (unpaired) electrons. The molecule has 0 N–H and O–H groups in total. The molecule has 3 aliphatic rings. The average Bonchev–Trinajstić information content (AvgIpc) is 2.31. The third-order valence-electron chi connectivity index (χ3n) is 5.42. The van der Waals surface area contributed by atoms with Crippen LogP contribution in [-0.4, -0.2) is 5.78 Å². The summed E-state index contributed by atoms with van der Waals surface area (Å²) in [7, 11) is 0. The van der Waals surface area contributed by atoms with Gasteiger partial charge in [0.2, 0.25) is 0 Å². The van der Waals surface area contributed by atoms with Gasteiger partial charge in [0.05, 0.1) is 0 Å². The van der Waals surface area contributed by atoms with Gasteiger partial charge in [-0.05, 0) is 49.0 Å². The zero-order valence-electron chi connectivity index (χ0n) is 10.9. The first kappa shape index (κ1) is 11.3. The van der Waals surface area contributed by atoms with E-state index in [1.165, 1.54) is 24.8 Å². The molecular weight excluding hydrogens is 208 g/mol. The minimum absolute atomic E-state index is 0.256. The van der Waals surface area contributed by atoms with Crippen molar-refractivity contribution in [3.63, 3.8) is 0 Å². The highest BCUT2D eigenvalue weighted by Crippen LogP contribution is 2.55. The SMILES string of the molecule is C[C@H]1C=CC[C@@H]2[C@H]1C(=O)C=C1CCCC[C@@]12C. The molecule has 92 valence electrons. The molecule has 1 nitrogen and oxygen atoms in total. The van der Waals surface area contributed by atoms with Crippen molar-refractivity contribution in [1.82, 2.24) is 0 Å². The van der Waals surface area contributed by atoms with Crippen LogP contribution in [0.15, 0.2) is 23.8 Å². The Hall–Kier alpha value is -0.850. The predicted molar refractivity (Wildman–Crippen MR) is 69.6 cm³/mol. The maximum absolute atomic E-state index is 12.3. The quantitative estimate of drug-likeness (QED) is 0.577. The molecule has 17 heavy (non-hydrogen) atoms. The molecular formula is C16H22O. The molecule has 0 spiro atoms. The number of fused-ring (bicyclic) bond motifs is 3. The minimum atomic E-state index is 0.256. The molecule has 3 aliphatic carbocycles. The van der Waals surface area contributed by atoms with Crippen LogP contribution in [0.25, 0.3) is 0 Å². The van der Waals surface area contributed by atoms with Crippen LogP contribution < -0.4 is 0 Å². The summed E-state index contributed by atoms with van der Waals surface area (Å²) in [4.78, 5) is 12.3. The predicted octanol–water partition coefficient (Wildman–Crippen LogP) is 3.90. The fourth-order valence-corrected chi connectivity index (χ4v) is 4.37. The summed E-state index contributed by atoms with van der Waals surface area (Å²) in [6.45, 7) is 4.62. The van der Waals surface area contributed by atoms with Crippen molar-refractivity contribution in [3.8, 4) is 0 Å². The Labute approximate surface area is 104 Å². The molecule has 1 heteroatoms. The smallest absolute Gasteiger partial charge is 0.159 e. The minimum Gasteiger partial charge on any atom is -0.295 e. The van der Waals surface area contributed by atoms with Gasteiger partial charge in [0.1, 0.15) is 0 Å². The summed E-state index contributed by atoms with van der Waals surface area (Å²) in [5.74, 6) is 1.65. The molecule has 1 fully saturated rings. The molecule has 0 saturated heterocycles. The van der Waals surface area contributed by atoms with E-state index < -0.39 is 0 Å². The van der Waals surface area contributed by atoms with Gasteiger partial charge in [-0.3, -0.25) is 4.79 Å².